The summed E-state index contributed by atoms with van der Waals surface area (Å²) in [4.78, 5) is 8.26. The van der Waals surface area contributed by atoms with Crippen LogP contribution in [0.15, 0.2) is 89.9 Å². The number of hydrogen-bond donors (Lipinski definition) is 3. The third-order valence-corrected chi connectivity index (χ3v) is 6.11. The lowest BCUT2D eigenvalue weighted by Gasteiger charge is -2.11. The zero-order chi connectivity index (χ0) is 20.8. The molecule has 4 N–H and O–H groups in total. The number of rotatable bonds is 3. The molecule has 0 fully saturated rings. The number of guanidine groups is 1. The van der Waals surface area contributed by atoms with Crippen LogP contribution in [0.2, 0.25) is 0 Å². The Morgan fingerprint density at radius 3 is 2.61 bits per heavy atom. The number of nitrogens with zero attached hydrogens (tertiary/aromatic N) is 1. The molecule has 0 amide bonds. The third-order valence-electron chi connectivity index (χ3n) is 6.11. The largest absolute Gasteiger partial charge is 0.369 e. The second-order valence-corrected chi connectivity index (χ2v) is 8.02. The van der Waals surface area contributed by atoms with Gasteiger partial charge in [0.2, 0.25) is 0 Å². The van der Waals surface area contributed by atoms with Gasteiger partial charge in [-0.05, 0) is 59.0 Å². The van der Waals surface area contributed by atoms with Gasteiger partial charge in [0.1, 0.15) is 0 Å². The fourth-order valence-electron chi connectivity index (χ4n) is 4.69. The smallest absolute Gasteiger partial charge is 0.198 e. The van der Waals surface area contributed by atoms with Crippen molar-refractivity contribution in [2.24, 2.45) is 10.7 Å². The fourth-order valence-corrected chi connectivity index (χ4v) is 4.69. The van der Waals surface area contributed by atoms with Crippen molar-refractivity contribution in [3.63, 3.8) is 0 Å². The van der Waals surface area contributed by atoms with Crippen LogP contribution in [-0.4, -0.2) is 10.9 Å². The highest BCUT2D eigenvalue weighted by molar-refractivity contribution is 6.00. The number of para-hydroxylation sites is 2. The molecule has 1 heterocycles. The predicted octanol–water partition coefficient (Wildman–Crippen LogP) is 6.15. The molecule has 6 rings (SSSR count). The first-order chi connectivity index (χ1) is 15.3. The predicted molar refractivity (Wildman–Crippen MR) is 130 cm³/mol. The van der Waals surface area contributed by atoms with Crippen molar-refractivity contribution in [1.82, 2.24) is 4.98 Å². The summed E-state index contributed by atoms with van der Waals surface area (Å²) >= 11 is 0. The fraction of sp³-hybridized carbons (Fsp3) is 0.0741. The number of aromatic nitrogens is 1. The quantitative estimate of drug-likeness (QED) is 0.250. The minimum Gasteiger partial charge on any atom is -0.369 e. The van der Waals surface area contributed by atoms with Crippen LogP contribution < -0.4 is 11.1 Å². The third kappa shape index (κ3) is 3.04. The van der Waals surface area contributed by atoms with Gasteiger partial charge in [-0.3, -0.25) is 0 Å². The maximum Gasteiger partial charge on any atom is 0.198 e. The van der Waals surface area contributed by atoms with Crippen molar-refractivity contribution >= 4 is 39.0 Å². The second-order valence-electron chi connectivity index (χ2n) is 8.02. The average molecular weight is 403 g/mol. The Morgan fingerprint density at radius 1 is 0.839 bits per heavy atom. The molecule has 0 aliphatic heterocycles. The number of aromatic amines is 1. The van der Waals surface area contributed by atoms with Crippen LogP contribution in [0.1, 0.15) is 11.1 Å². The zero-order valence-electron chi connectivity index (χ0n) is 17.0. The molecule has 0 saturated carbocycles. The molecule has 4 aromatic carbocycles. The van der Waals surface area contributed by atoms with Gasteiger partial charge in [-0.25, -0.2) is 4.99 Å². The maximum atomic E-state index is 6.37. The van der Waals surface area contributed by atoms with E-state index in [0.717, 1.165) is 41.0 Å². The lowest BCUT2D eigenvalue weighted by Crippen LogP contribution is -2.22. The molecule has 150 valence electrons. The molecule has 31 heavy (non-hydrogen) atoms. The lowest BCUT2D eigenvalue weighted by atomic mass is 10.0. The second kappa shape index (κ2) is 7.03. The first-order valence-electron chi connectivity index (χ1n) is 10.6. The molecule has 1 aliphatic carbocycles. The Kier molecular flexibility index (Phi) is 4.03. The number of nitrogens with two attached hydrogens (primary N) is 1. The Labute approximate surface area is 180 Å². The minimum atomic E-state index is 0.392. The van der Waals surface area contributed by atoms with Gasteiger partial charge in [0.15, 0.2) is 5.96 Å². The molecule has 5 aromatic rings. The van der Waals surface area contributed by atoms with E-state index in [1.807, 2.05) is 30.3 Å². The summed E-state index contributed by atoms with van der Waals surface area (Å²) in [5, 5.41) is 7.13. The van der Waals surface area contributed by atoms with Gasteiger partial charge in [-0.15, -0.1) is 0 Å². The maximum absolute atomic E-state index is 6.37. The van der Waals surface area contributed by atoms with Gasteiger partial charge in [0.05, 0.1) is 11.4 Å². The first-order valence-corrected chi connectivity index (χ1v) is 10.6. The van der Waals surface area contributed by atoms with E-state index in [0.29, 0.717) is 5.96 Å². The Balaban J connectivity index is 1.37. The molecule has 0 atom stereocenters. The molecule has 0 bridgehead atoms. The van der Waals surface area contributed by atoms with Gasteiger partial charge in [0.25, 0.3) is 0 Å². The summed E-state index contributed by atoms with van der Waals surface area (Å²) in [7, 11) is 0. The number of nitrogens with one attached hydrogen (secondary N) is 2. The normalized spacial score (nSPS) is 13.2. The van der Waals surface area contributed by atoms with E-state index in [1.54, 1.807) is 0 Å². The highest BCUT2D eigenvalue weighted by Crippen LogP contribution is 2.37. The summed E-state index contributed by atoms with van der Waals surface area (Å²) in [5.74, 6) is 0.392. The van der Waals surface area contributed by atoms with E-state index in [1.165, 1.54) is 27.3 Å². The summed E-state index contributed by atoms with van der Waals surface area (Å²) < 4.78 is 0. The van der Waals surface area contributed by atoms with Crippen LogP contribution in [0.4, 0.5) is 11.4 Å². The highest BCUT2D eigenvalue weighted by Gasteiger charge is 2.17. The van der Waals surface area contributed by atoms with E-state index < -0.39 is 0 Å². The van der Waals surface area contributed by atoms with Crippen molar-refractivity contribution in [3.8, 4) is 11.3 Å². The van der Waals surface area contributed by atoms with E-state index in [2.05, 4.69) is 64.9 Å². The molecule has 0 radical (unpaired) electrons. The molecule has 0 saturated heterocycles. The topological polar surface area (TPSA) is 66.2 Å². The lowest BCUT2D eigenvalue weighted by molar-refractivity contribution is 1.02. The van der Waals surface area contributed by atoms with Crippen LogP contribution in [0.25, 0.3) is 32.9 Å². The monoisotopic (exact) mass is 402 g/mol. The van der Waals surface area contributed by atoms with E-state index in [9.17, 15) is 0 Å². The van der Waals surface area contributed by atoms with Gasteiger partial charge >= 0.3 is 0 Å². The molecule has 0 unspecified atom stereocenters. The van der Waals surface area contributed by atoms with Crippen LogP contribution >= 0.6 is 0 Å². The summed E-state index contributed by atoms with van der Waals surface area (Å²) in [6, 6.07) is 29.3. The molecule has 4 heteroatoms. The minimum absolute atomic E-state index is 0.392. The SMILES string of the molecule is NC(=Nc1ccc2cccc3c2c1CC3)Nc1ccccc1-c1cc2ccccc2[nH]1. The van der Waals surface area contributed by atoms with Crippen LogP contribution in [0.3, 0.4) is 0 Å². The van der Waals surface area contributed by atoms with Crippen LogP contribution in [0, 0.1) is 0 Å². The Morgan fingerprint density at radius 2 is 1.68 bits per heavy atom. The molecule has 1 aromatic heterocycles. The number of anilines is 1. The molecular formula is C27H22N4. The number of hydrogen-bond acceptors (Lipinski definition) is 1. The highest BCUT2D eigenvalue weighted by atomic mass is 15.1. The number of H-pyrrole nitrogens is 1. The van der Waals surface area contributed by atoms with Crippen molar-refractivity contribution < 1.29 is 0 Å². The van der Waals surface area contributed by atoms with Gasteiger partial charge in [-0.1, -0.05) is 60.7 Å². The zero-order valence-corrected chi connectivity index (χ0v) is 17.0. The number of aliphatic imine (C=N–C) groups is 1. The van der Waals surface area contributed by atoms with Gasteiger partial charge < -0.3 is 16.0 Å². The van der Waals surface area contributed by atoms with Crippen molar-refractivity contribution in [1.29, 1.82) is 0 Å². The van der Waals surface area contributed by atoms with Crippen molar-refractivity contribution in [2.45, 2.75) is 12.8 Å². The van der Waals surface area contributed by atoms with Crippen molar-refractivity contribution in [3.05, 3.63) is 96.1 Å². The number of fused-ring (bicyclic) bond motifs is 1. The average Bonchev–Trinajstić information content (AvgIpc) is 3.42. The number of aryl methyl sites for hydroxylation is 2. The molecule has 0 spiro atoms. The summed E-state index contributed by atoms with van der Waals surface area (Å²) in [6.45, 7) is 0. The van der Waals surface area contributed by atoms with Crippen LogP contribution in [-0.2, 0) is 12.8 Å². The Bertz CT molecular complexity index is 1440. The molecule has 1 aliphatic rings. The Hall–Kier alpha value is -4.05. The summed E-state index contributed by atoms with van der Waals surface area (Å²) in [6.07, 6.45) is 2.07. The van der Waals surface area contributed by atoms with Gasteiger partial charge in [0, 0.05) is 22.2 Å². The molecule has 4 nitrogen and oxygen atoms in total. The first kappa shape index (κ1) is 17.8. The summed E-state index contributed by atoms with van der Waals surface area (Å²) in [5.41, 5.74) is 14.2. The van der Waals surface area contributed by atoms with E-state index >= 15 is 0 Å². The molecular weight excluding hydrogens is 380 g/mol. The van der Waals surface area contributed by atoms with Gasteiger partial charge in [-0.2, -0.15) is 0 Å². The number of benzene rings is 4. The van der Waals surface area contributed by atoms with Crippen molar-refractivity contribution in [2.75, 3.05) is 5.32 Å². The van der Waals surface area contributed by atoms with E-state index in [-0.39, 0.29) is 0 Å². The standard InChI is InChI=1S/C27H22N4/c28-27(31-24-15-13-18-8-5-7-17-12-14-21(24)26(17)18)30-23-11-4-2-9-20(23)25-16-19-6-1-3-10-22(19)29-25/h1-11,13,15-16,29H,12,14H2,(H3,28,30,31). The van der Waals surface area contributed by atoms with Crippen LogP contribution in [0.5, 0.6) is 0 Å². The van der Waals surface area contributed by atoms with E-state index in [4.69, 9.17) is 10.7 Å².